The quantitative estimate of drug-likeness (QED) is 0.842. The molecule has 21 heavy (non-hydrogen) atoms. The molecule has 0 aliphatic carbocycles. The molecule has 0 spiro atoms. The summed E-state index contributed by atoms with van der Waals surface area (Å²) in [6, 6.07) is 3.57. The maximum atomic E-state index is 13.9. The molecule has 0 amide bonds. The van der Waals surface area contributed by atoms with Crippen molar-refractivity contribution >= 4 is 33.1 Å². The van der Waals surface area contributed by atoms with E-state index in [1.165, 1.54) is 16.9 Å². The number of benzene rings is 1. The van der Waals surface area contributed by atoms with Gasteiger partial charge < -0.3 is 5.73 Å². The van der Waals surface area contributed by atoms with E-state index in [2.05, 4.69) is 9.82 Å². The minimum Gasteiger partial charge on any atom is -0.396 e. The van der Waals surface area contributed by atoms with Gasteiger partial charge in [-0.1, -0.05) is 11.6 Å². The van der Waals surface area contributed by atoms with Crippen LogP contribution in [0.5, 0.6) is 0 Å². The SMILES string of the molecule is CC(C)n1nccc1NS(=O)(=O)c1cc(Cl)cc(N)c1F. The number of nitrogens with two attached hydrogens (primary N) is 1. The van der Waals surface area contributed by atoms with Gasteiger partial charge in [0, 0.05) is 17.1 Å². The minimum absolute atomic E-state index is 0.0339. The molecule has 1 aromatic heterocycles. The van der Waals surface area contributed by atoms with Gasteiger partial charge in [-0.15, -0.1) is 0 Å². The van der Waals surface area contributed by atoms with Crippen molar-refractivity contribution in [1.82, 2.24) is 9.78 Å². The molecule has 3 N–H and O–H groups in total. The Morgan fingerprint density at radius 1 is 1.43 bits per heavy atom. The Bertz CT molecular complexity index is 774. The lowest BCUT2D eigenvalue weighted by Gasteiger charge is -2.14. The largest absolute Gasteiger partial charge is 0.396 e. The molecule has 1 aromatic carbocycles. The van der Waals surface area contributed by atoms with Gasteiger partial charge in [-0.3, -0.25) is 4.72 Å². The Hall–Kier alpha value is -1.80. The molecule has 114 valence electrons. The van der Waals surface area contributed by atoms with Crippen molar-refractivity contribution in [2.24, 2.45) is 0 Å². The summed E-state index contributed by atoms with van der Waals surface area (Å²) in [6.45, 7) is 3.67. The highest BCUT2D eigenvalue weighted by molar-refractivity contribution is 7.92. The Morgan fingerprint density at radius 2 is 2.10 bits per heavy atom. The number of halogens is 2. The van der Waals surface area contributed by atoms with Crippen LogP contribution in [0.3, 0.4) is 0 Å². The van der Waals surface area contributed by atoms with Gasteiger partial charge in [-0.25, -0.2) is 17.5 Å². The first kappa shape index (κ1) is 15.6. The molecule has 0 bridgehead atoms. The molecule has 0 atom stereocenters. The molecule has 0 unspecified atom stereocenters. The van der Waals surface area contributed by atoms with Gasteiger partial charge in [0.25, 0.3) is 10.0 Å². The minimum atomic E-state index is -4.17. The standard InChI is InChI=1S/C12H14ClFN4O2S/c1-7(2)18-11(3-4-16-18)17-21(19,20)10-6-8(13)5-9(15)12(10)14/h3-7,17H,15H2,1-2H3. The second kappa shape index (κ2) is 5.53. The average Bonchev–Trinajstić information content (AvgIpc) is 2.81. The van der Waals surface area contributed by atoms with E-state index in [1.807, 2.05) is 13.8 Å². The molecule has 0 saturated heterocycles. The van der Waals surface area contributed by atoms with Crippen molar-refractivity contribution < 1.29 is 12.8 Å². The monoisotopic (exact) mass is 332 g/mol. The van der Waals surface area contributed by atoms with E-state index in [-0.39, 0.29) is 22.6 Å². The Balaban J connectivity index is 2.46. The van der Waals surface area contributed by atoms with E-state index in [9.17, 15) is 12.8 Å². The Labute approximate surface area is 126 Å². The van der Waals surface area contributed by atoms with Crippen LogP contribution in [-0.2, 0) is 10.0 Å². The van der Waals surface area contributed by atoms with Crippen LogP contribution in [0.4, 0.5) is 15.9 Å². The van der Waals surface area contributed by atoms with Gasteiger partial charge in [0.1, 0.15) is 10.7 Å². The third-order valence-corrected chi connectivity index (χ3v) is 4.29. The summed E-state index contributed by atoms with van der Waals surface area (Å²) >= 11 is 5.74. The van der Waals surface area contributed by atoms with Crippen molar-refractivity contribution in [3.05, 3.63) is 35.2 Å². The van der Waals surface area contributed by atoms with Gasteiger partial charge in [0.2, 0.25) is 0 Å². The third-order valence-electron chi connectivity index (χ3n) is 2.72. The van der Waals surface area contributed by atoms with Gasteiger partial charge in [0.05, 0.1) is 11.9 Å². The molecule has 9 heteroatoms. The number of nitrogen functional groups attached to an aromatic ring is 1. The van der Waals surface area contributed by atoms with Crippen molar-refractivity contribution in [3.63, 3.8) is 0 Å². The fourth-order valence-corrected chi connectivity index (χ4v) is 3.25. The molecule has 0 saturated carbocycles. The predicted octanol–water partition coefficient (Wildman–Crippen LogP) is 2.64. The van der Waals surface area contributed by atoms with Gasteiger partial charge in [0.15, 0.2) is 5.82 Å². The third kappa shape index (κ3) is 3.11. The average molecular weight is 333 g/mol. The Morgan fingerprint density at radius 3 is 2.71 bits per heavy atom. The van der Waals surface area contributed by atoms with Crippen molar-refractivity contribution in [3.8, 4) is 0 Å². The van der Waals surface area contributed by atoms with E-state index in [1.54, 1.807) is 0 Å². The number of anilines is 2. The lowest BCUT2D eigenvalue weighted by atomic mass is 10.3. The number of nitrogens with zero attached hydrogens (tertiary/aromatic N) is 2. The first-order valence-corrected chi connectivity index (χ1v) is 7.89. The zero-order valence-corrected chi connectivity index (χ0v) is 12.9. The number of hydrogen-bond acceptors (Lipinski definition) is 4. The lowest BCUT2D eigenvalue weighted by molar-refractivity contribution is 0.538. The van der Waals surface area contributed by atoms with Gasteiger partial charge >= 0.3 is 0 Å². The number of rotatable bonds is 4. The number of hydrogen-bond donors (Lipinski definition) is 2. The number of nitrogens with one attached hydrogen (secondary N) is 1. The van der Waals surface area contributed by atoms with Crippen LogP contribution >= 0.6 is 11.6 Å². The van der Waals surface area contributed by atoms with E-state index in [0.717, 1.165) is 12.1 Å². The fourth-order valence-electron chi connectivity index (χ4n) is 1.78. The molecule has 0 aliphatic rings. The fraction of sp³-hybridized carbons (Fsp3) is 0.250. The van der Waals surface area contributed by atoms with Crippen LogP contribution in [0.25, 0.3) is 0 Å². The summed E-state index contributed by atoms with van der Waals surface area (Å²) in [5.41, 5.74) is 5.07. The second-order valence-electron chi connectivity index (χ2n) is 4.67. The molecule has 2 rings (SSSR count). The molecule has 0 fully saturated rings. The van der Waals surface area contributed by atoms with Crippen LogP contribution in [0, 0.1) is 5.82 Å². The molecule has 6 nitrogen and oxygen atoms in total. The van der Waals surface area contributed by atoms with Crippen LogP contribution in [-0.4, -0.2) is 18.2 Å². The highest BCUT2D eigenvalue weighted by atomic mass is 35.5. The summed E-state index contributed by atoms with van der Waals surface area (Å²) in [4.78, 5) is -0.607. The highest BCUT2D eigenvalue weighted by Gasteiger charge is 2.23. The highest BCUT2D eigenvalue weighted by Crippen LogP contribution is 2.27. The van der Waals surface area contributed by atoms with E-state index < -0.39 is 20.7 Å². The Kier molecular flexibility index (Phi) is 4.11. The maximum absolute atomic E-state index is 13.9. The molecule has 2 aromatic rings. The topological polar surface area (TPSA) is 90.0 Å². The van der Waals surface area contributed by atoms with Gasteiger partial charge in [-0.2, -0.15) is 5.10 Å². The van der Waals surface area contributed by atoms with Crippen molar-refractivity contribution in [1.29, 1.82) is 0 Å². The summed E-state index contributed by atoms with van der Waals surface area (Å²) in [5.74, 6) is -0.814. The molecule has 1 heterocycles. The lowest BCUT2D eigenvalue weighted by Crippen LogP contribution is -2.19. The summed E-state index contributed by atoms with van der Waals surface area (Å²) < 4.78 is 42.3. The van der Waals surface area contributed by atoms with Crippen LogP contribution in [0.15, 0.2) is 29.3 Å². The molecular weight excluding hydrogens is 319 g/mol. The van der Waals surface area contributed by atoms with Crippen molar-refractivity contribution in [2.45, 2.75) is 24.8 Å². The maximum Gasteiger partial charge on any atom is 0.266 e. The van der Waals surface area contributed by atoms with Crippen molar-refractivity contribution in [2.75, 3.05) is 10.5 Å². The van der Waals surface area contributed by atoms with Crippen LogP contribution in [0.2, 0.25) is 5.02 Å². The zero-order valence-electron chi connectivity index (χ0n) is 11.3. The van der Waals surface area contributed by atoms with E-state index >= 15 is 0 Å². The molecule has 0 aliphatic heterocycles. The first-order valence-electron chi connectivity index (χ1n) is 6.03. The van der Waals surface area contributed by atoms with E-state index in [0.29, 0.717) is 0 Å². The molecule has 0 radical (unpaired) electrons. The van der Waals surface area contributed by atoms with Gasteiger partial charge in [-0.05, 0) is 26.0 Å². The van der Waals surface area contributed by atoms with E-state index in [4.69, 9.17) is 17.3 Å². The summed E-state index contributed by atoms with van der Waals surface area (Å²) in [5, 5.41) is 4.03. The number of sulfonamides is 1. The van der Waals surface area contributed by atoms with Crippen LogP contribution < -0.4 is 10.5 Å². The molecular formula is C12H14ClFN4O2S. The zero-order chi connectivity index (χ0) is 15.8. The summed E-state index contributed by atoms with van der Waals surface area (Å²) in [7, 11) is -4.17. The van der Waals surface area contributed by atoms with Crippen LogP contribution in [0.1, 0.15) is 19.9 Å². The normalized spacial score (nSPS) is 11.9. The number of aromatic nitrogens is 2. The summed E-state index contributed by atoms with van der Waals surface area (Å²) in [6.07, 6.45) is 1.44. The first-order chi connectivity index (χ1) is 9.72. The second-order valence-corrected chi connectivity index (χ2v) is 6.75. The predicted molar refractivity (Wildman–Crippen MR) is 79.2 cm³/mol. The smallest absolute Gasteiger partial charge is 0.266 e.